The average molecular weight is 485 g/mol. The molecule has 1 aromatic heterocycles. The van der Waals surface area contributed by atoms with Crippen molar-refractivity contribution < 1.29 is 4.74 Å². The van der Waals surface area contributed by atoms with Gasteiger partial charge in [-0.3, -0.25) is 14.9 Å². The highest BCUT2D eigenvalue weighted by Gasteiger charge is 2.20. The fourth-order valence-corrected chi connectivity index (χ4v) is 3.48. The monoisotopic (exact) mass is 485 g/mol. The molecule has 0 aliphatic carbocycles. The van der Waals surface area contributed by atoms with E-state index in [4.69, 9.17) is 4.74 Å². The number of likely N-dealkylation sites (tertiary alicyclic amines) is 1. The fraction of sp³-hybridized carbons (Fsp3) is 0.600. The zero-order chi connectivity index (χ0) is 18.0. The van der Waals surface area contributed by atoms with Gasteiger partial charge in [0.05, 0.1) is 18.9 Å². The quantitative estimate of drug-likeness (QED) is 0.281. The number of piperidine rings is 1. The summed E-state index contributed by atoms with van der Waals surface area (Å²) in [6.45, 7) is 5.68. The number of nitrogens with one attached hydrogen (secondary N) is 2. The molecule has 27 heavy (non-hydrogen) atoms. The molecular formula is C20H32IN5O. The van der Waals surface area contributed by atoms with Gasteiger partial charge in [0.1, 0.15) is 0 Å². The lowest BCUT2D eigenvalue weighted by Gasteiger charge is -2.32. The van der Waals surface area contributed by atoms with Gasteiger partial charge < -0.3 is 15.4 Å². The predicted molar refractivity (Wildman–Crippen MR) is 121 cm³/mol. The molecule has 0 saturated carbocycles. The Labute approximate surface area is 179 Å². The van der Waals surface area contributed by atoms with Crippen molar-refractivity contribution in [3.8, 4) is 0 Å². The maximum absolute atomic E-state index is 5.35. The first kappa shape index (κ1) is 22.1. The van der Waals surface area contributed by atoms with Crippen molar-refractivity contribution in [2.24, 2.45) is 4.99 Å². The standard InChI is InChI=1S/C20H31N5O.HI/c1-21-20(23-11-5-17-8-14-26-15-9-17)24-18-6-12-25(13-7-18)16-19-4-2-3-10-22-19;/h2-4,8,10,18H,5-7,9,11-16H2,1H3,(H2,21,23,24);1H. The molecule has 3 heterocycles. The average Bonchev–Trinajstić information content (AvgIpc) is 2.70. The van der Waals surface area contributed by atoms with E-state index in [2.05, 4.69) is 43.7 Å². The Balaban J connectivity index is 0.00000261. The highest BCUT2D eigenvalue weighted by Crippen LogP contribution is 2.13. The van der Waals surface area contributed by atoms with Gasteiger partial charge >= 0.3 is 0 Å². The van der Waals surface area contributed by atoms with Crippen molar-refractivity contribution in [3.05, 3.63) is 41.7 Å². The van der Waals surface area contributed by atoms with Crippen LogP contribution >= 0.6 is 24.0 Å². The van der Waals surface area contributed by atoms with Crippen LogP contribution in [0, 0.1) is 0 Å². The number of aliphatic imine (C=N–C) groups is 1. The second-order valence-corrected chi connectivity index (χ2v) is 6.95. The molecule has 0 aromatic carbocycles. The van der Waals surface area contributed by atoms with Crippen molar-refractivity contribution in [2.45, 2.75) is 38.3 Å². The number of aromatic nitrogens is 1. The summed E-state index contributed by atoms with van der Waals surface area (Å²) in [5.41, 5.74) is 2.64. The van der Waals surface area contributed by atoms with Crippen LogP contribution in [0.25, 0.3) is 0 Å². The van der Waals surface area contributed by atoms with Gasteiger partial charge in [-0.15, -0.1) is 24.0 Å². The lowest BCUT2D eigenvalue weighted by atomic mass is 10.0. The second kappa shape index (κ2) is 12.3. The van der Waals surface area contributed by atoms with Crippen molar-refractivity contribution in [2.75, 3.05) is 39.9 Å². The third-order valence-corrected chi connectivity index (χ3v) is 5.06. The lowest BCUT2D eigenvalue weighted by Crippen LogP contribution is -2.48. The molecular weight excluding hydrogens is 453 g/mol. The molecule has 2 N–H and O–H groups in total. The van der Waals surface area contributed by atoms with E-state index in [0.717, 1.165) is 76.7 Å². The summed E-state index contributed by atoms with van der Waals surface area (Å²) in [6.07, 6.45) is 8.47. The number of halogens is 1. The van der Waals surface area contributed by atoms with Gasteiger partial charge in [0.2, 0.25) is 0 Å². The molecule has 6 nitrogen and oxygen atoms in total. The van der Waals surface area contributed by atoms with Gasteiger partial charge in [0.15, 0.2) is 5.96 Å². The molecule has 0 unspecified atom stereocenters. The summed E-state index contributed by atoms with van der Waals surface area (Å²) in [5.74, 6) is 0.917. The molecule has 2 aliphatic rings. The Morgan fingerprint density at radius 3 is 2.85 bits per heavy atom. The zero-order valence-corrected chi connectivity index (χ0v) is 18.5. The van der Waals surface area contributed by atoms with Crippen LogP contribution in [-0.4, -0.2) is 61.8 Å². The van der Waals surface area contributed by atoms with E-state index >= 15 is 0 Å². The molecule has 2 aliphatic heterocycles. The summed E-state index contributed by atoms with van der Waals surface area (Å²) in [4.78, 5) is 11.3. The molecule has 7 heteroatoms. The van der Waals surface area contributed by atoms with Crippen LogP contribution in [0.3, 0.4) is 0 Å². The minimum atomic E-state index is 0. The normalized spacial score (nSPS) is 19.1. The number of hydrogen-bond acceptors (Lipinski definition) is 4. The number of ether oxygens (including phenoxy) is 1. The first-order valence-corrected chi connectivity index (χ1v) is 9.68. The first-order valence-electron chi connectivity index (χ1n) is 9.68. The van der Waals surface area contributed by atoms with Crippen LogP contribution in [0.2, 0.25) is 0 Å². The Kier molecular flexibility index (Phi) is 10.1. The van der Waals surface area contributed by atoms with Gasteiger partial charge in [-0.2, -0.15) is 0 Å². The van der Waals surface area contributed by atoms with Crippen LogP contribution in [0.4, 0.5) is 0 Å². The van der Waals surface area contributed by atoms with Crippen molar-refractivity contribution >= 4 is 29.9 Å². The number of hydrogen-bond donors (Lipinski definition) is 2. The van der Waals surface area contributed by atoms with Crippen LogP contribution < -0.4 is 10.6 Å². The van der Waals surface area contributed by atoms with E-state index in [1.165, 1.54) is 5.57 Å². The zero-order valence-electron chi connectivity index (χ0n) is 16.2. The minimum absolute atomic E-state index is 0. The molecule has 1 aromatic rings. The summed E-state index contributed by atoms with van der Waals surface area (Å²) in [7, 11) is 1.85. The molecule has 1 fully saturated rings. The highest BCUT2D eigenvalue weighted by molar-refractivity contribution is 14.0. The number of rotatable bonds is 6. The Bertz CT molecular complexity index is 600. The predicted octanol–water partition coefficient (Wildman–Crippen LogP) is 2.57. The summed E-state index contributed by atoms with van der Waals surface area (Å²) in [5, 5.41) is 7.03. The maximum atomic E-state index is 5.35. The third-order valence-electron chi connectivity index (χ3n) is 5.06. The van der Waals surface area contributed by atoms with Crippen LogP contribution in [-0.2, 0) is 11.3 Å². The molecule has 0 amide bonds. The lowest BCUT2D eigenvalue weighted by molar-refractivity contribution is 0.153. The largest absolute Gasteiger partial charge is 0.377 e. The second-order valence-electron chi connectivity index (χ2n) is 6.95. The van der Waals surface area contributed by atoms with Crippen LogP contribution in [0.15, 0.2) is 41.0 Å². The van der Waals surface area contributed by atoms with Gasteiger partial charge in [0.25, 0.3) is 0 Å². The van der Waals surface area contributed by atoms with Crippen LogP contribution in [0.1, 0.15) is 31.4 Å². The summed E-state index contributed by atoms with van der Waals surface area (Å²) in [6, 6.07) is 6.62. The third kappa shape index (κ3) is 7.75. The molecule has 150 valence electrons. The van der Waals surface area contributed by atoms with Crippen molar-refractivity contribution in [3.63, 3.8) is 0 Å². The van der Waals surface area contributed by atoms with E-state index in [1.807, 2.05) is 19.3 Å². The topological polar surface area (TPSA) is 61.8 Å². The Hall–Kier alpha value is -1.19. The minimum Gasteiger partial charge on any atom is -0.377 e. The van der Waals surface area contributed by atoms with Crippen LogP contribution in [0.5, 0.6) is 0 Å². The Morgan fingerprint density at radius 1 is 1.33 bits per heavy atom. The molecule has 0 atom stereocenters. The van der Waals surface area contributed by atoms with E-state index in [-0.39, 0.29) is 24.0 Å². The van der Waals surface area contributed by atoms with E-state index in [9.17, 15) is 0 Å². The molecule has 0 bridgehead atoms. The molecule has 3 rings (SSSR count). The van der Waals surface area contributed by atoms with E-state index in [0.29, 0.717) is 6.04 Å². The van der Waals surface area contributed by atoms with E-state index < -0.39 is 0 Å². The fourth-order valence-electron chi connectivity index (χ4n) is 3.48. The smallest absolute Gasteiger partial charge is 0.191 e. The Morgan fingerprint density at radius 2 is 2.19 bits per heavy atom. The molecule has 0 radical (unpaired) electrons. The molecule has 1 saturated heterocycles. The van der Waals surface area contributed by atoms with Gasteiger partial charge in [-0.1, -0.05) is 17.7 Å². The van der Waals surface area contributed by atoms with Gasteiger partial charge in [-0.05, 0) is 37.8 Å². The van der Waals surface area contributed by atoms with Gasteiger partial charge in [-0.25, -0.2) is 0 Å². The van der Waals surface area contributed by atoms with E-state index in [1.54, 1.807) is 0 Å². The molecule has 0 spiro atoms. The summed E-state index contributed by atoms with van der Waals surface area (Å²) < 4.78 is 5.35. The first-order chi connectivity index (χ1) is 12.8. The number of guanidine groups is 1. The highest BCUT2D eigenvalue weighted by atomic mass is 127. The maximum Gasteiger partial charge on any atom is 0.191 e. The van der Waals surface area contributed by atoms with Crippen molar-refractivity contribution in [1.82, 2.24) is 20.5 Å². The van der Waals surface area contributed by atoms with Gasteiger partial charge in [0, 0.05) is 45.5 Å². The van der Waals surface area contributed by atoms with Crippen molar-refractivity contribution in [1.29, 1.82) is 0 Å². The SMILES string of the molecule is CN=C(NCCC1=CCOCC1)NC1CCN(Cc2ccccn2)CC1.I. The summed E-state index contributed by atoms with van der Waals surface area (Å²) >= 11 is 0. The number of nitrogens with zero attached hydrogens (tertiary/aromatic N) is 3. The number of pyridine rings is 1.